The number of unbranched alkanes of at least 4 members (excludes halogenated alkanes) is 10. The number of carboxylic acid groups (broad SMARTS) is 1. The number of hydrogen-bond donors (Lipinski definition) is 1. The third-order valence-electron chi connectivity index (χ3n) is 3.96. The molecule has 0 saturated heterocycles. The maximum atomic E-state index is 10.1. The maximum Gasteiger partial charge on any atom is 0.285 e. The zero-order chi connectivity index (χ0) is 19.9. The number of hydrogen-bond acceptors (Lipinski definition) is 2. The van der Waals surface area contributed by atoms with Crippen molar-refractivity contribution in [3.8, 4) is 0 Å². The molecule has 0 aromatic carbocycles. The van der Waals surface area contributed by atoms with Gasteiger partial charge in [-0.05, 0) is 6.54 Å². The predicted octanol–water partition coefficient (Wildman–Crippen LogP) is 6.27. The number of nitrogens with zero attached hydrogens (tertiary/aromatic N) is 1. The van der Waals surface area contributed by atoms with Gasteiger partial charge in [0.1, 0.15) is 0 Å². The van der Waals surface area contributed by atoms with Gasteiger partial charge in [0.2, 0.25) is 0 Å². The molecule has 0 aliphatic rings. The minimum Gasteiger partial charge on any atom is -0.673 e. The van der Waals surface area contributed by atoms with Gasteiger partial charge in [0, 0.05) is 5.91 Å². The van der Waals surface area contributed by atoms with Gasteiger partial charge in [0.25, 0.3) is 5.97 Å². The molecule has 1 amide bonds. The van der Waals surface area contributed by atoms with Gasteiger partial charge >= 0.3 is 121 Å². The van der Waals surface area contributed by atoms with Crippen LogP contribution in [0.2, 0.25) is 8.87 Å². The predicted molar refractivity (Wildman–Crippen MR) is 112 cm³/mol. The normalized spacial score (nSPS) is 9.81. The summed E-state index contributed by atoms with van der Waals surface area (Å²) in [5, 5.41) is 11.0. The Bertz CT molecular complexity index is 301. The SMILES string of the molecule is CCCCCCC[CH2][Sn+2][CH2]CCCCCCC.[NH-]CC(=O)[N-]CC(=O)O. The van der Waals surface area contributed by atoms with Crippen LogP contribution in [0.3, 0.4) is 0 Å². The van der Waals surface area contributed by atoms with Gasteiger partial charge in [0.05, 0.1) is 0 Å². The van der Waals surface area contributed by atoms with Gasteiger partial charge in [-0.2, -0.15) is 0 Å². The molecule has 152 valence electrons. The molecule has 0 aliphatic carbocycles. The fourth-order valence-electron chi connectivity index (χ4n) is 2.40. The molecule has 0 bridgehead atoms. The van der Waals surface area contributed by atoms with Crippen LogP contribution < -0.4 is 0 Å². The van der Waals surface area contributed by atoms with Crippen LogP contribution in [0, 0.1) is 0 Å². The fourth-order valence-corrected chi connectivity index (χ4v) is 5.96. The van der Waals surface area contributed by atoms with Gasteiger partial charge in [-0.25, -0.2) is 0 Å². The summed E-state index contributed by atoms with van der Waals surface area (Å²) in [6.07, 6.45) is 17.8. The van der Waals surface area contributed by atoms with Crippen LogP contribution in [-0.2, 0) is 9.59 Å². The smallest absolute Gasteiger partial charge is 0.285 e. The molecule has 2 N–H and O–H groups in total. The summed E-state index contributed by atoms with van der Waals surface area (Å²) in [5.41, 5.74) is 6.42. The summed E-state index contributed by atoms with van der Waals surface area (Å²) in [7, 11) is 0. The Morgan fingerprint density at radius 2 is 1.23 bits per heavy atom. The molecule has 0 aromatic rings. The summed E-state index contributed by atoms with van der Waals surface area (Å²) < 4.78 is 3.31. The van der Waals surface area contributed by atoms with E-state index in [0.29, 0.717) is 0 Å². The van der Waals surface area contributed by atoms with Crippen molar-refractivity contribution in [1.29, 1.82) is 0 Å². The molecule has 0 rings (SSSR count). The van der Waals surface area contributed by atoms with Gasteiger partial charge < -0.3 is 21.0 Å². The Balaban J connectivity index is 0. The van der Waals surface area contributed by atoms with Crippen LogP contribution in [0.15, 0.2) is 0 Å². The van der Waals surface area contributed by atoms with Crippen LogP contribution in [0.1, 0.15) is 90.9 Å². The molecule has 0 fully saturated rings. The first-order chi connectivity index (χ1) is 12.6. The van der Waals surface area contributed by atoms with E-state index in [1.807, 2.05) is 0 Å². The molecular formula is C20H40N2O3Sn. The number of rotatable bonds is 17. The molecule has 26 heavy (non-hydrogen) atoms. The molecule has 0 unspecified atom stereocenters. The largest absolute Gasteiger partial charge is 0.673 e. The number of carbonyl (C=O) groups excluding carboxylic acids is 1. The Hall–Kier alpha value is -0.301. The first kappa shape index (κ1) is 27.9. The van der Waals surface area contributed by atoms with E-state index in [9.17, 15) is 9.59 Å². The monoisotopic (exact) mass is 476 g/mol. The van der Waals surface area contributed by atoms with Crippen molar-refractivity contribution in [2.75, 3.05) is 13.1 Å². The first-order valence-electron chi connectivity index (χ1n) is 10.4. The number of nitrogens with one attached hydrogen (secondary N) is 1. The summed E-state index contributed by atoms with van der Waals surface area (Å²) in [4.78, 5) is 19.8. The van der Waals surface area contributed by atoms with E-state index in [2.05, 4.69) is 19.2 Å². The van der Waals surface area contributed by atoms with E-state index in [4.69, 9.17) is 10.8 Å². The van der Waals surface area contributed by atoms with Crippen molar-refractivity contribution >= 4 is 33.0 Å². The second-order valence-electron chi connectivity index (χ2n) is 6.57. The number of aliphatic carboxylic acids is 1. The molecule has 5 nitrogen and oxygen atoms in total. The summed E-state index contributed by atoms with van der Waals surface area (Å²) >= 11 is 0.0736. The molecule has 0 saturated carbocycles. The second kappa shape index (κ2) is 24.7. The zero-order valence-electron chi connectivity index (χ0n) is 17.0. The van der Waals surface area contributed by atoms with E-state index in [-0.39, 0.29) is 21.1 Å². The Labute approximate surface area is 171 Å². The van der Waals surface area contributed by atoms with Gasteiger partial charge in [-0.3, -0.25) is 4.79 Å². The van der Waals surface area contributed by atoms with Crippen LogP contribution in [0.4, 0.5) is 0 Å². The van der Waals surface area contributed by atoms with Gasteiger partial charge in [0.15, 0.2) is 0 Å². The van der Waals surface area contributed by atoms with E-state index in [1.54, 1.807) is 21.7 Å². The summed E-state index contributed by atoms with van der Waals surface area (Å²) in [5.74, 6) is -1.85. The van der Waals surface area contributed by atoms with Gasteiger partial charge in [-0.15, -0.1) is 6.54 Å². The van der Waals surface area contributed by atoms with E-state index in [0.717, 1.165) is 0 Å². The Kier molecular flexibility index (Phi) is 26.5. The van der Waals surface area contributed by atoms with E-state index in [1.165, 1.54) is 64.2 Å². The number of carboxylic acids is 1. The Morgan fingerprint density at radius 1 is 0.808 bits per heavy atom. The molecule has 0 radical (unpaired) electrons. The van der Waals surface area contributed by atoms with E-state index < -0.39 is 25.0 Å². The van der Waals surface area contributed by atoms with E-state index >= 15 is 0 Å². The third-order valence-corrected chi connectivity index (χ3v) is 7.99. The van der Waals surface area contributed by atoms with Crippen molar-refractivity contribution in [2.24, 2.45) is 0 Å². The maximum absolute atomic E-state index is 10.1. The molecule has 0 heterocycles. The molecule has 0 aromatic heterocycles. The zero-order valence-corrected chi connectivity index (χ0v) is 19.9. The molecule has 0 aliphatic heterocycles. The van der Waals surface area contributed by atoms with Crippen LogP contribution in [0.5, 0.6) is 0 Å². The fraction of sp³-hybridized carbons (Fsp3) is 0.900. The molecule has 0 spiro atoms. The Morgan fingerprint density at radius 3 is 1.62 bits per heavy atom. The quantitative estimate of drug-likeness (QED) is 0.199. The average Bonchev–Trinajstić information content (AvgIpc) is 2.64. The van der Waals surface area contributed by atoms with Crippen molar-refractivity contribution in [2.45, 2.75) is 99.8 Å². The van der Waals surface area contributed by atoms with Crippen molar-refractivity contribution < 1.29 is 14.7 Å². The molecular weight excluding hydrogens is 435 g/mol. The van der Waals surface area contributed by atoms with Crippen LogP contribution in [-0.4, -0.2) is 51.2 Å². The number of amides is 1. The first-order valence-corrected chi connectivity index (χ1v) is 14.4. The summed E-state index contributed by atoms with van der Waals surface area (Å²) in [6.45, 7) is 3.59. The average molecular weight is 475 g/mol. The third kappa shape index (κ3) is 28.5. The minimum atomic E-state index is -1.16. The van der Waals surface area contributed by atoms with Gasteiger partial charge in [-0.1, -0.05) is 0 Å². The topological polar surface area (TPSA) is 92.3 Å². The van der Waals surface area contributed by atoms with Crippen LogP contribution in [0.25, 0.3) is 11.1 Å². The standard InChI is InChI=1S/2C8H17.C4H7N2O3.Sn/c2*1-3-5-7-8-6-4-2;5-1-3(7)6-2-4(8)9;/h2*1,3-8H2,2H3;5H,1-2H2,(H2,6,7,8,9);/q;;-1;+2/p-1. The number of carbonyl (C=O) groups is 2. The minimum absolute atomic E-state index is 0.0736. The molecule has 6 heteroatoms. The second-order valence-corrected chi connectivity index (χ2v) is 10.8. The summed E-state index contributed by atoms with van der Waals surface area (Å²) in [6, 6.07) is 0. The van der Waals surface area contributed by atoms with Crippen molar-refractivity contribution in [1.82, 2.24) is 0 Å². The van der Waals surface area contributed by atoms with Crippen molar-refractivity contribution in [3.05, 3.63) is 11.1 Å². The van der Waals surface area contributed by atoms with Crippen LogP contribution >= 0.6 is 0 Å². The van der Waals surface area contributed by atoms with Crippen molar-refractivity contribution in [3.63, 3.8) is 0 Å². The molecule has 0 atom stereocenters.